The quantitative estimate of drug-likeness (QED) is 0.422. The Labute approximate surface area is 186 Å². The number of carbonyl (C=O) groups is 2. The van der Waals surface area contributed by atoms with Crippen molar-refractivity contribution in [2.45, 2.75) is 30.6 Å². The third-order valence-corrected chi connectivity index (χ3v) is 7.17. The SMILES string of the molecule is O=C(O)C1CCC(C(=O)O)(c2ccc3ccccc3c2)C(c2ccc3ccccc3c2)C1. The highest BCUT2D eigenvalue weighted by atomic mass is 16.4. The van der Waals surface area contributed by atoms with E-state index >= 15 is 0 Å². The van der Waals surface area contributed by atoms with Crippen LogP contribution in [-0.4, -0.2) is 22.2 Å². The van der Waals surface area contributed by atoms with E-state index in [2.05, 4.69) is 0 Å². The Morgan fingerprint density at radius 2 is 1.34 bits per heavy atom. The molecule has 0 heterocycles. The number of aliphatic carboxylic acids is 2. The predicted molar refractivity (Wildman–Crippen MR) is 125 cm³/mol. The topological polar surface area (TPSA) is 74.6 Å². The molecular formula is C28H24O4. The molecule has 1 aliphatic carbocycles. The van der Waals surface area contributed by atoms with Crippen molar-refractivity contribution < 1.29 is 19.8 Å². The number of hydrogen-bond donors (Lipinski definition) is 2. The minimum absolute atomic E-state index is 0.287. The lowest BCUT2D eigenvalue weighted by Gasteiger charge is -2.43. The van der Waals surface area contributed by atoms with Crippen LogP contribution in [0.25, 0.3) is 21.5 Å². The van der Waals surface area contributed by atoms with Crippen LogP contribution in [0.15, 0.2) is 84.9 Å². The molecule has 1 aliphatic rings. The Morgan fingerprint density at radius 3 is 1.97 bits per heavy atom. The van der Waals surface area contributed by atoms with Crippen molar-refractivity contribution in [2.75, 3.05) is 0 Å². The Kier molecular flexibility index (Phi) is 4.93. The summed E-state index contributed by atoms with van der Waals surface area (Å²) in [6.45, 7) is 0. The first kappa shape index (κ1) is 20.3. The molecule has 0 aromatic heterocycles. The Balaban J connectivity index is 1.71. The van der Waals surface area contributed by atoms with Gasteiger partial charge >= 0.3 is 11.9 Å². The van der Waals surface area contributed by atoms with Crippen molar-refractivity contribution in [2.24, 2.45) is 5.92 Å². The summed E-state index contributed by atoms with van der Waals surface area (Å²) in [6.07, 6.45) is 0.931. The molecule has 4 aromatic carbocycles. The van der Waals surface area contributed by atoms with Gasteiger partial charge in [-0.15, -0.1) is 0 Å². The lowest BCUT2D eigenvalue weighted by atomic mass is 9.58. The maximum Gasteiger partial charge on any atom is 0.314 e. The standard InChI is InChI=1S/C28H24O4/c29-26(30)23-13-14-28(27(31)32,24-12-11-19-6-2-4-8-21(19)16-24)25(17-23)22-10-9-18-5-1-3-7-20(18)15-22/h1-12,15-16,23,25H,13-14,17H2,(H,29,30)(H,31,32). The molecule has 0 aliphatic heterocycles. The number of carboxylic acid groups (broad SMARTS) is 2. The van der Waals surface area contributed by atoms with Crippen LogP contribution in [0.1, 0.15) is 36.3 Å². The summed E-state index contributed by atoms with van der Waals surface area (Å²) in [5.41, 5.74) is 0.439. The fourth-order valence-corrected chi connectivity index (χ4v) is 5.44. The summed E-state index contributed by atoms with van der Waals surface area (Å²) in [5, 5.41) is 24.5. The highest BCUT2D eigenvalue weighted by Gasteiger charge is 2.52. The molecule has 0 amide bonds. The molecule has 3 atom stereocenters. The van der Waals surface area contributed by atoms with Gasteiger partial charge in [0.2, 0.25) is 0 Å². The molecule has 1 fully saturated rings. The molecule has 0 bridgehead atoms. The summed E-state index contributed by atoms with van der Waals surface area (Å²) in [7, 11) is 0. The normalized spacial score (nSPS) is 23.2. The van der Waals surface area contributed by atoms with E-state index < -0.39 is 29.2 Å². The molecule has 5 rings (SSSR count). The van der Waals surface area contributed by atoms with Crippen LogP contribution in [0.3, 0.4) is 0 Å². The van der Waals surface area contributed by atoms with Gasteiger partial charge in [-0.2, -0.15) is 0 Å². The third kappa shape index (κ3) is 3.23. The van der Waals surface area contributed by atoms with Gasteiger partial charge in [-0.1, -0.05) is 78.9 Å². The molecule has 0 spiro atoms. The Bertz CT molecular complexity index is 1340. The predicted octanol–water partition coefficient (Wildman–Crippen LogP) is 5.98. The zero-order valence-corrected chi connectivity index (χ0v) is 17.6. The van der Waals surface area contributed by atoms with Crippen LogP contribution in [0.2, 0.25) is 0 Å². The Morgan fingerprint density at radius 1 is 0.750 bits per heavy atom. The minimum atomic E-state index is -1.18. The van der Waals surface area contributed by atoms with E-state index in [4.69, 9.17) is 0 Å². The van der Waals surface area contributed by atoms with E-state index in [-0.39, 0.29) is 6.42 Å². The van der Waals surface area contributed by atoms with Crippen LogP contribution in [0.5, 0.6) is 0 Å². The van der Waals surface area contributed by atoms with E-state index in [1.54, 1.807) is 0 Å². The number of benzene rings is 4. The highest BCUT2D eigenvalue weighted by Crippen LogP contribution is 2.52. The summed E-state index contributed by atoms with van der Waals surface area (Å²) in [6, 6.07) is 27.7. The average Bonchev–Trinajstić information content (AvgIpc) is 2.82. The van der Waals surface area contributed by atoms with Crippen LogP contribution >= 0.6 is 0 Å². The second kappa shape index (κ2) is 7.79. The zero-order valence-electron chi connectivity index (χ0n) is 17.6. The molecule has 2 N–H and O–H groups in total. The van der Waals surface area contributed by atoms with Crippen LogP contribution < -0.4 is 0 Å². The molecule has 3 unspecified atom stereocenters. The first-order valence-corrected chi connectivity index (χ1v) is 10.9. The summed E-state index contributed by atoms with van der Waals surface area (Å²) in [4.78, 5) is 24.9. The molecule has 4 aromatic rings. The zero-order chi connectivity index (χ0) is 22.3. The second-order valence-electron chi connectivity index (χ2n) is 8.81. The molecule has 32 heavy (non-hydrogen) atoms. The van der Waals surface area contributed by atoms with E-state index in [0.717, 1.165) is 32.7 Å². The third-order valence-electron chi connectivity index (χ3n) is 7.17. The fraction of sp³-hybridized carbons (Fsp3) is 0.214. The first-order chi connectivity index (χ1) is 15.5. The van der Waals surface area contributed by atoms with Gasteiger partial charge in [-0.25, -0.2) is 0 Å². The number of carboxylic acids is 2. The van der Waals surface area contributed by atoms with Crippen LogP contribution in [-0.2, 0) is 15.0 Å². The molecule has 160 valence electrons. The van der Waals surface area contributed by atoms with Gasteiger partial charge in [0.05, 0.1) is 11.3 Å². The number of hydrogen-bond acceptors (Lipinski definition) is 2. The fourth-order valence-electron chi connectivity index (χ4n) is 5.44. The maximum atomic E-state index is 13.0. The van der Waals surface area contributed by atoms with Gasteiger partial charge in [-0.3, -0.25) is 9.59 Å². The summed E-state index contributed by atoms with van der Waals surface area (Å²) in [5.74, 6) is -2.75. The van der Waals surface area contributed by atoms with Gasteiger partial charge in [0, 0.05) is 5.92 Å². The average molecular weight is 424 g/mol. The van der Waals surface area contributed by atoms with Crippen molar-refractivity contribution in [3.63, 3.8) is 0 Å². The minimum Gasteiger partial charge on any atom is -0.481 e. The van der Waals surface area contributed by atoms with Crippen molar-refractivity contribution >= 4 is 33.5 Å². The number of fused-ring (bicyclic) bond motifs is 2. The van der Waals surface area contributed by atoms with Crippen molar-refractivity contribution in [1.82, 2.24) is 0 Å². The molecule has 0 saturated heterocycles. The van der Waals surface area contributed by atoms with Gasteiger partial charge < -0.3 is 10.2 Å². The van der Waals surface area contributed by atoms with Gasteiger partial charge in [0.15, 0.2) is 0 Å². The molecule has 0 radical (unpaired) electrons. The van der Waals surface area contributed by atoms with E-state index in [0.29, 0.717) is 12.8 Å². The van der Waals surface area contributed by atoms with Gasteiger partial charge in [0.25, 0.3) is 0 Å². The largest absolute Gasteiger partial charge is 0.481 e. The smallest absolute Gasteiger partial charge is 0.314 e. The summed E-state index contributed by atoms with van der Waals surface area (Å²) >= 11 is 0. The number of rotatable bonds is 4. The van der Waals surface area contributed by atoms with E-state index in [1.807, 2.05) is 84.9 Å². The first-order valence-electron chi connectivity index (χ1n) is 10.9. The van der Waals surface area contributed by atoms with Crippen molar-refractivity contribution in [1.29, 1.82) is 0 Å². The molecular weight excluding hydrogens is 400 g/mol. The summed E-state index contributed by atoms with van der Waals surface area (Å²) < 4.78 is 0. The maximum absolute atomic E-state index is 13.0. The van der Waals surface area contributed by atoms with Crippen LogP contribution in [0, 0.1) is 5.92 Å². The molecule has 4 heteroatoms. The molecule has 4 nitrogen and oxygen atoms in total. The highest BCUT2D eigenvalue weighted by molar-refractivity contribution is 5.89. The monoisotopic (exact) mass is 424 g/mol. The van der Waals surface area contributed by atoms with Gasteiger partial charge in [0.1, 0.15) is 0 Å². The van der Waals surface area contributed by atoms with E-state index in [1.165, 1.54) is 0 Å². The van der Waals surface area contributed by atoms with E-state index in [9.17, 15) is 19.8 Å². The molecule has 1 saturated carbocycles. The van der Waals surface area contributed by atoms with Crippen LogP contribution in [0.4, 0.5) is 0 Å². The lowest BCUT2D eigenvalue weighted by Crippen LogP contribution is -2.46. The van der Waals surface area contributed by atoms with Crippen molar-refractivity contribution in [3.8, 4) is 0 Å². The lowest BCUT2D eigenvalue weighted by molar-refractivity contribution is -0.151. The van der Waals surface area contributed by atoms with Gasteiger partial charge in [-0.05, 0) is 58.0 Å². The Hall–Kier alpha value is -3.66. The second-order valence-corrected chi connectivity index (χ2v) is 8.81. The van der Waals surface area contributed by atoms with Crippen molar-refractivity contribution in [3.05, 3.63) is 96.1 Å².